The summed E-state index contributed by atoms with van der Waals surface area (Å²) in [4.78, 5) is 18.5. The predicted molar refractivity (Wildman–Crippen MR) is 69.1 cm³/mol. The average Bonchev–Trinajstić information content (AvgIpc) is 2.31. The van der Waals surface area contributed by atoms with Gasteiger partial charge in [-0.3, -0.25) is 4.79 Å². The number of aromatic amines is 1. The minimum atomic E-state index is -0.367. The van der Waals surface area contributed by atoms with Crippen LogP contribution in [0, 0.1) is 12.7 Å². The standard InChI is InChI=1S/C14H15FN2O/c1-8(2)14-16-12(7-13(18)17-14)10-6-9(3)4-5-11(10)15/h4-8H,1-3H3,(H,16,17,18). The number of nitrogens with one attached hydrogen (secondary N) is 1. The van der Waals surface area contributed by atoms with Crippen LogP contribution < -0.4 is 5.56 Å². The van der Waals surface area contributed by atoms with Gasteiger partial charge in [-0.2, -0.15) is 0 Å². The van der Waals surface area contributed by atoms with Gasteiger partial charge >= 0.3 is 0 Å². The van der Waals surface area contributed by atoms with Crippen molar-refractivity contribution in [2.24, 2.45) is 0 Å². The molecule has 0 unspecified atom stereocenters. The van der Waals surface area contributed by atoms with Crippen LogP contribution in [0.5, 0.6) is 0 Å². The third-order valence-electron chi connectivity index (χ3n) is 2.70. The van der Waals surface area contributed by atoms with Crippen LogP contribution in [0.25, 0.3) is 11.3 Å². The molecule has 3 nitrogen and oxygen atoms in total. The van der Waals surface area contributed by atoms with E-state index < -0.39 is 0 Å². The van der Waals surface area contributed by atoms with E-state index >= 15 is 0 Å². The van der Waals surface area contributed by atoms with Crippen molar-refractivity contribution in [1.29, 1.82) is 0 Å². The lowest BCUT2D eigenvalue weighted by atomic mass is 10.1. The Balaban J connectivity index is 2.63. The van der Waals surface area contributed by atoms with Gasteiger partial charge in [-0.25, -0.2) is 9.37 Å². The van der Waals surface area contributed by atoms with E-state index in [4.69, 9.17) is 0 Å². The summed E-state index contributed by atoms with van der Waals surface area (Å²) in [5, 5.41) is 0. The highest BCUT2D eigenvalue weighted by atomic mass is 19.1. The number of aryl methyl sites for hydroxylation is 1. The molecule has 1 N–H and O–H groups in total. The van der Waals surface area contributed by atoms with E-state index in [0.29, 0.717) is 17.1 Å². The highest BCUT2D eigenvalue weighted by molar-refractivity contribution is 5.60. The number of aromatic nitrogens is 2. The summed E-state index contributed by atoms with van der Waals surface area (Å²) in [7, 11) is 0. The maximum atomic E-state index is 13.8. The lowest BCUT2D eigenvalue weighted by molar-refractivity contribution is 0.629. The third-order valence-corrected chi connectivity index (χ3v) is 2.70. The van der Waals surface area contributed by atoms with Gasteiger partial charge in [-0.1, -0.05) is 25.5 Å². The largest absolute Gasteiger partial charge is 0.310 e. The van der Waals surface area contributed by atoms with Gasteiger partial charge in [-0.05, 0) is 19.1 Å². The molecule has 2 rings (SSSR count). The van der Waals surface area contributed by atoms with E-state index in [-0.39, 0.29) is 17.3 Å². The zero-order chi connectivity index (χ0) is 13.3. The molecular weight excluding hydrogens is 231 g/mol. The first kappa shape index (κ1) is 12.5. The molecule has 18 heavy (non-hydrogen) atoms. The van der Waals surface area contributed by atoms with Crippen LogP contribution in [0.2, 0.25) is 0 Å². The fourth-order valence-corrected chi connectivity index (χ4v) is 1.72. The molecule has 0 bridgehead atoms. The van der Waals surface area contributed by atoms with Crippen LogP contribution in [0.3, 0.4) is 0 Å². The first-order valence-electron chi connectivity index (χ1n) is 5.85. The molecule has 94 valence electrons. The molecule has 0 aliphatic rings. The van der Waals surface area contributed by atoms with Crippen LogP contribution in [0.4, 0.5) is 4.39 Å². The Morgan fingerprint density at radius 1 is 1.28 bits per heavy atom. The molecule has 0 aliphatic carbocycles. The first-order chi connectivity index (χ1) is 8.47. The van der Waals surface area contributed by atoms with Gasteiger partial charge in [0, 0.05) is 17.5 Å². The average molecular weight is 246 g/mol. The number of H-pyrrole nitrogens is 1. The van der Waals surface area contributed by atoms with E-state index in [1.165, 1.54) is 12.1 Å². The number of halogens is 1. The fraction of sp³-hybridized carbons (Fsp3) is 0.286. The minimum absolute atomic E-state index is 0.0884. The van der Waals surface area contributed by atoms with Crippen molar-refractivity contribution in [3.8, 4) is 11.3 Å². The molecule has 0 amide bonds. The Morgan fingerprint density at radius 2 is 2.00 bits per heavy atom. The number of hydrogen-bond donors (Lipinski definition) is 1. The summed E-state index contributed by atoms with van der Waals surface area (Å²) in [6, 6.07) is 6.10. The van der Waals surface area contributed by atoms with Crippen molar-refractivity contribution in [3.63, 3.8) is 0 Å². The molecule has 0 spiro atoms. The van der Waals surface area contributed by atoms with Gasteiger partial charge < -0.3 is 4.98 Å². The van der Waals surface area contributed by atoms with E-state index in [9.17, 15) is 9.18 Å². The second kappa shape index (κ2) is 4.72. The van der Waals surface area contributed by atoms with Crippen molar-refractivity contribution in [2.75, 3.05) is 0 Å². The maximum Gasteiger partial charge on any atom is 0.251 e. The Hall–Kier alpha value is -1.97. The molecule has 0 radical (unpaired) electrons. The molecule has 0 saturated heterocycles. The normalized spacial score (nSPS) is 10.9. The van der Waals surface area contributed by atoms with E-state index in [0.717, 1.165) is 5.56 Å². The zero-order valence-electron chi connectivity index (χ0n) is 10.6. The van der Waals surface area contributed by atoms with Crippen molar-refractivity contribution in [1.82, 2.24) is 9.97 Å². The van der Waals surface area contributed by atoms with Gasteiger partial charge in [0.15, 0.2) is 0 Å². The second-order valence-corrected chi connectivity index (χ2v) is 4.65. The van der Waals surface area contributed by atoms with E-state index in [1.807, 2.05) is 20.8 Å². The Labute approximate surface area is 105 Å². The summed E-state index contributed by atoms with van der Waals surface area (Å²) in [5.74, 6) is 0.289. The van der Waals surface area contributed by atoms with Gasteiger partial charge in [0.2, 0.25) is 0 Å². The summed E-state index contributed by atoms with van der Waals surface area (Å²) in [6.45, 7) is 5.72. The second-order valence-electron chi connectivity index (χ2n) is 4.65. The van der Waals surface area contributed by atoms with Crippen LogP contribution >= 0.6 is 0 Å². The quantitative estimate of drug-likeness (QED) is 0.885. The van der Waals surface area contributed by atoms with Crippen molar-refractivity contribution in [2.45, 2.75) is 26.7 Å². The van der Waals surface area contributed by atoms with E-state index in [2.05, 4.69) is 9.97 Å². The summed E-state index contributed by atoms with van der Waals surface area (Å²) < 4.78 is 13.8. The van der Waals surface area contributed by atoms with Crippen LogP contribution in [0.1, 0.15) is 31.2 Å². The van der Waals surface area contributed by atoms with Gasteiger partial charge in [0.25, 0.3) is 5.56 Å². The molecule has 1 aromatic heterocycles. The SMILES string of the molecule is Cc1ccc(F)c(-c2cc(=O)[nH]c(C(C)C)n2)c1. The highest BCUT2D eigenvalue weighted by Gasteiger charge is 2.10. The zero-order valence-corrected chi connectivity index (χ0v) is 10.6. The van der Waals surface area contributed by atoms with Crippen LogP contribution in [-0.4, -0.2) is 9.97 Å². The predicted octanol–water partition coefficient (Wildman–Crippen LogP) is 3.01. The first-order valence-corrected chi connectivity index (χ1v) is 5.85. The lowest BCUT2D eigenvalue weighted by Crippen LogP contribution is -2.12. The van der Waals surface area contributed by atoms with Gasteiger partial charge in [0.1, 0.15) is 11.6 Å². The Kier molecular flexibility index (Phi) is 3.28. The monoisotopic (exact) mass is 246 g/mol. The molecular formula is C14H15FN2O. The maximum absolute atomic E-state index is 13.8. The number of nitrogens with zero attached hydrogens (tertiary/aromatic N) is 1. The molecule has 1 heterocycles. The number of benzene rings is 1. The molecule has 2 aromatic rings. The third kappa shape index (κ3) is 2.47. The van der Waals surface area contributed by atoms with Gasteiger partial charge in [-0.15, -0.1) is 0 Å². The van der Waals surface area contributed by atoms with Crippen LogP contribution in [0.15, 0.2) is 29.1 Å². The molecule has 1 aromatic carbocycles. The molecule has 0 fully saturated rings. The Bertz CT molecular complexity index is 632. The summed E-state index contributed by atoms with van der Waals surface area (Å²) in [5.41, 5.74) is 1.41. The molecule has 0 aliphatic heterocycles. The van der Waals surface area contributed by atoms with E-state index in [1.54, 1.807) is 12.1 Å². The summed E-state index contributed by atoms with van der Waals surface area (Å²) in [6.07, 6.45) is 0. The topological polar surface area (TPSA) is 45.8 Å². The summed E-state index contributed by atoms with van der Waals surface area (Å²) >= 11 is 0. The minimum Gasteiger partial charge on any atom is -0.310 e. The van der Waals surface area contributed by atoms with Crippen molar-refractivity contribution < 1.29 is 4.39 Å². The van der Waals surface area contributed by atoms with Crippen LogP contribution in [-0.2, 0) is 0 Å². The van der Waals surface area contributed by atoms with Gasteiger partial charge in [0.05, 0.1) is 5.69 Å². The lowest BCUT2D eigenvalue weighted by Gasteiger charge is -2.08. The fourth-order valence-electron chi connectivity index (χ4n) is 1.72. The molecule has 0 saturated carbocycles. The number of rotatable bonds is 2. The Morgan fingerprint density at radius 3 is 2.67 bits per heavy atom. The number of hydrogen-bond acceptors (Lipinski definition) is 2. The smallest absolute Gasteiger partial charge is 0.251 e. The van der Waals surface area contributed by atoms with Crippen molar-refractivity contribution >= 4 is 0 Å². The van der Waals surface area contributed by atoms with Crippen molar-refractivity contribution in [3.05, 3.63) is 51.8 Å². The highest BCUT2D eigenvalue weighted by Crippen LogP contribution is 2.22. The molecule has 4 heteroatoms. The molecule has 0 atom stereocenters.